The van der Waals surface area contributed by atoms with E-state index in [1.54, 1.807) is 0 Å². The van der Waals surface area contributed by atoms with E-state index in [2.05, 4.69) is 26.4 Å². The fourth-order valence-corrected chi connectivity index (χ4v) is 4.22. The molecule has 0 radical (unpaired) electrons. The Bertz CT molecular complexity index is 1140. The normalized spacial score (nSPS) is 11.4. The molecule has 0 saturated heterocycles. The molecule has 3 rings (SSSR count). The van der Waals surface area contributed by atoms with Crippen molar-refractivity contribution in [3.8, 4) is 11.1 Å². The fraction of sp³-hybridized carbons (Fsp3) is 0.250. The smallest absolute Gasteiger partial charge is 0.239 e. The molecular weight excluding hydrogens is 424 g/mol. The van der Waals surface area contributed by atoms with Crippen LogP contribution in [0.1, 0.15) is 5.01 Å². The summed E-state index contributed by atoms with van der Waals surface area (Å²) in [6, 6.07) is 16.0. The second-order valence-corrected chi connectivity index (χ2v) is 9.57. The van der Waals surface area contributed by atoms with Crippen LogP contribution in [-0.4, -0.2) is 51.1 Å². The van der Waals surface area contributed by atoms with Crippen LogP contribution in [0.15, 0.2) is 48.5 Å². The van der Waals surface area contributed by atoms with E-state index in [0.29, 0.717) is 5.01 Å². The lowest BCUT2D eigenvalue weighted by molar-refractivity contribution is -0.125. The molecule has 3 N–H and O–H groups in total. The summed E-state index contributed by atoms with van der Waals surface area (Å²) in [4.78, 5) is 28.3. The molecule has 10 heteroatoms. The Morgan fingerprint density at radius 3 is 2.47 bits per heavy atom. The Morgan fingerprint density at radius 2 is 1.73 bits per heavy atom. The highest BCUT2D eigenvalue weighted by atomic mass is 32.2. The number of sulfonamides is 1. The molecule has 1 heterocycles. The van der Waals surface area contributed by atoms with Crippen molar-refractivity contribution in [2.24, 2.45) is 0 Å². The molecule has 0 aliphatic rings. The SMILES string of the molecule is CS(=O)(=O)NCCNC(=O)CNC(=O)Cc1nc2ccc(-c3ccccc3)cc2s1. The number of rotatable bonds is 9. The summed E-state index contributed by atoms with van der Waals surface area (Å²) >= 11 is 1.45. The van der Waals surface area contributed by atoms with Crippen LogP contribution in [0, 0.1) is 0 Å². The number of hydrogen-bond acceptors (Lipinski definition) is 6. The van der Waals surface area contributed by atoms with Crippen molar-refractivity contribution in [2.45, 2.75) is 6.42 Å². The topological polar surface area (TPSA) is 117 Å². The Morgan fingerprint density at radius 1 is 0.967 bits per heavy atom. The standard InChI is InChI=1S/C20H22N4O4S2/c1-30(27,28)23-10-9-21-19(26)13-22-18(25)12-20-24-16-8-7-15(11-17(16)29-20)14-5-3-2-4-6-14/h2-8,11,23H,9-10,12-13H2,1H3,(H,21,26)(H,22,25). The average Bonchev–Trinajstić information content (AvgIpc) is 3.11. The lowest BCUT2D eigenvalue weighted by Crippen LogP contribution is -2.40. The van der Waals surface area contributed by atoms with Crippen LogP contribution >= 0.6 is 11.3 Å². The summed E-state index contributed by atoms with van der Waals surface area (Å²) in [5, 5.41) is 5.74. The van der Waals surface area contributed by atoms with E-state index in [1.165, 1.54) is 11.3 Å². The van der Waals surface area contributed by atoms with Crippen LogP contribution < -0.4 is 15.4 Å². The second kappa shape index (κ2) is 9.79. The molecule has 30 heavy (non-hydrogen) atoms. The zero-order chi connectivity index (χ0) is 21.6. The number of amides is 2. The first-order chi connectivity index (χ1) is 14.3. The number of carbonyl (C=O) groups is 2. The van der Waals surface area contributed by atoms with Crippen LogP contribution in [0.25, 0.3) is 21.3 Å². The number of benzene rings is 2. The zero-order valence-corrected chi connectivity index (χ0v) is 18.0. The average molecular weight is 447 g/mol. The van der Waals surface area contributed by atoms with Crippen molar-refractivity contribution in [2.75, 3.05) is 25.9 Å². The van der Waals surface area contributed by atoms with E-state index in [9.17, 15) is 18.0 Å². The van der Waals surface area contributed by atoms with Crippen molar-refractivity contribution >= 4 is 43.4 Å². The minimum Gasteiger partial charge on any atom is -0.353 e. The molecule has 0 atom stereocenters. The number of fused-ring (bicyclic) bond motifs is 1. The monoisotopic (exact) mass is 446 g/mol. The number of nitrogens with zero attached hydrogens (tertiary/aromatic N) is 1. The zero-order valence-electron chi connectivity index (χ0n) is 16.3. The van der Waals surface area contributed by atoms with E-state index >= 15 is 0 Å². The van der Waals surface area contributed by atoms with E-state index in [1.807, 2.05) is 42.5 Å². The van der Waals surface area contributed by atoms with Gasteiger partial charge in [0, 0.05) is 13.1 Å². The van der Waals surface area contributed by atoms with E-state index in [0.717, 1.165) is 27.6 Å². The van der Waals surface area contributed by atoms with Crippen molar-refractivity contribution in [3.63, 3.8) is 0 Å². The third-order valence-electron chi connectivity index (χ3n) is 4.11. The predicted octanol–water partition coefficient (Wildman–Crippen LogP) is 1.29. The van der Waals surface area contributed by atoms with Gasteiger partial charge in [0.05, 0.1) is 29.4 Å². The molecule has 2 amide bonds. The Hall–Kier alpha value is -2.82. The molecule has 0 fully saturated rings. The Balaban J connectivity index is 1.50. The molecule has 0 aliphatic carbocycles. The van der Waals surface area contributed by atoms with Crippen LogP contribution in [0.3, 0.4) is 0 Å². The molecule has 3 aromatic rings. The maximum absolute atomic E-state index is 12.1. The highest BCUT2D eigenvalue weighted by molar-refractivity contribution is 7.88. The molecule has 2 aromatic carbocycles. The van der Waals surface area contributed by atoms with Crippen molar-refractivity contribution in [1.82, 2.24) is 20.3 Å². The van der Waals surface area contributed by atoms with E-state index in [4.69, 9.17) is 0 Å². The third kappa shape index (κ3) is 6.61. The van der Waals surface area contributed by atoms with Gasteiger partial charge in [-0.1, -0.05) is 36.4 Å². The van der Waals surface area contributed by atoms with Crippen molar-refractivity contribution in [3.05, 3.63) is 53.5 Å². The summed E-state index contributed by atoms with van der Waals surface area (Å²) in [7, 11) is -3.29. The van der Waals surface area contributed by atoms with Gasteiger partial charge in [-0.15, -0.1) is 11.3 Å². The highest BCUT2D eigenvalue weighted by Gasteiger charge is 2.11. The first kappa shape index (κ1) is 21.9. The number of hydrogen-bond donors (Lipinski definition) is 3. The molecule has 1 aromatic heterocycles. The first-order valence-corrected chi connectivity index (χ1v) is 11.9. The summed E-state index contributed by atoms with van der Waals surface area (Å²) in [6.07, 6.45) is 1.13. The molecule has 158 valence electrons. The summed E-state index contributed by atoms with van der Waals surface area (Å²) in [6.45, 7) is 0.0549. The number of carbonyl (C=O) groups excluding carboxylic acids is 2. The molecule has 0 unspecified atom stereocenters. The molecule has 0 bridgehead atoms. The van der Waals surface area contributed by atoms with Crippen LogP contribution in [0.4, 0.5) is 0 Å². The van der Waals surface area contributed by atoms with E-state index < -0.39 is 15.9 Å². The summed E-state index contributed by atoms with van der Waals surface area (Å²) in [5.74, 6) is -0.697. The van der Waals surface area contributed by atoms with Gasteiger partial charge in [-0.25, -0.2) is 18.1 Å². The van der Waals surface area contributed by atoms with Gasteiger partial charge >= 0.3 is 0 Å². The van der Waals surface area contributed by atoms with Gasteiger partial charge in [-0.3, -0.25) is 9.59 Å². The van der Waals surface area contributed by atoms with Crippen molar-refractivity contribution in [1.29, 1.82) is 0 Å². The molecule has 0 spiro atoms. The van der Waals surface area contributed by atoms with Gasteiger partial charge in [0.2, 0.25) is 21.8 Å². The Labute approximate surface area is 178 Å². The molecular formula is C20H22N4O4S2. The number of aromatic nitrogens is 1. The van der Waals surface area contributed by atoms with Gasteiger partial charge in [-0.2, -0.15) is 0 Å². The predicted molar refractivity (Wildman–Crippen MR) is 118 cm³/mol. The first-order valence-electron chi connectivity index (χ1n) is 9.23. The van der Waals surface area contributed by atoms with E-state index in [-0.39, 0.29) is 32.0 Å². The number of thiazole rings is 1. The lowest BCUT2D eigenvalue weighted by atomic mass is 10.1. The molecule has 0 saturated carbocycles. The van der Waals surface area contributed by atoms with Gasteiger partial charge in [-0.05, 0) is 23.3 Å². The highest BCUT2D eigenvalue weighted by Crippen LogP contribution is 2.28. The third-order valence-corrected chi connectivity index (χ3v) is 5.86. The minimum absolute atomic E-state index is 0.0862. The van der Waals surface area contributed by atoms with Gasteiger partial charge in [0.1, 0.15) is 5.01 Å². The van der Waals surface area contributed by atoms with Crippen LogP contribution in [0.2, 0.25) is 0 Å². The Kier molecular flexibility index (Phi) is 7.14. The molecule has 8 nitrogen and oxygen atoms in total. The van der Waals surface area contributed by atoms with Gasteiger partial charge in [0.25, 0.3) is 0 Å². The van der Waals surface area contributed by atoms with Gasteiger partial charge < -0.3 is 10.6 Å². The van der Waals surface area contributed by atoms with Crippen molar-refractivity contribution < 1.29 is 18.0 Å². The maximum atomic E-state index is 12.1. The van der Waals surface area contributed by atoms with Crippen LogP contribution in [0.5, 0.6) is 0 Å². The van der Waals surface area contributed by atoms with Crippen LogP contribution in [-0.2, 0) is 26.0 Å². The number of nitrogens with one attached hydrogen (secondary N) is 3. The largest absolute Gasteiger partial charge is 0.353 e. The quantitative estimate of drug-likeness (QED) is 0.428. The molecule has 0 aliphatic heterocycles. The maximum Gasteiger partial charge on any atom is 0.239 e. The second-order valence-electron chi connectivity index (χ2n) is 6.63. The summed E-state index contributed by atoms with van der Waals surface area (Å²) < 4.78 is 25.1. The minimum atomic E-state index is -3.29. The van der Waals surface area contributed by atoms with Gasteiger partial charge in [0.15, 0.2) is 0 Å². The fourth-order valence-electron chi connectivity index (χ4n) is 2.74. The lowest BCUT2D eigenvalue weighted by Gasteiger charge is -2.06. The summed E-state index contributed by atoms with van der Waals surface area (Å²) in [5.41, 5.74) is 3.04.